The molecule has 0 heterocycles. The molecule has 4 amide bonds. The summed E-state index contributed by atoms with van der Waals surface area (Å²) < 4.78 is 0. The number of carbonyl (C=O) groups is 5. The molecule has 4 unspecified atom stereocenters. The lowest BCUT2D eigenvalue weighted by molar-refractivity contribution is -0.143. The van der Waals surface area contributed by atoms with E-state index in [-0.39, 0.29) is 12.3 Å². The molecule has 12 nitrogen and oxygen atoms in total. The fraction of sp³-hybridized carbons (Fsp3) is 0.722. The van der Waals surface area contributed by atoms with E-state index in [9.17, 15) is 24.0 Å². The lowest BCUT2D eigenvalue weighted by atomic mass is 10.0. The summed E-state index contributed by atoms with van der Waals surface area (Å²) in [6, 6.07) is -4.97. The fourth-order valence-electron chi connectivity index (χ4n) is 2.50. The Bertz CT molecular complexity index is 647. The van der Waals surface area contributed by atoms with Gasteiger partial charge in [-0.3, -0.25) is 19.2 Å². The average Bonchev–Trinajstić information content (AvgIpc) is 2.67. The molecule has 9 N–H and O–H groups in total. The van der Waals surface area contributed by atoms with E-state index in [0.717, 1.165) is 0 Å². The van der Waals surface area contributed by atoms with Crippen molar-refractivity contribution in [2.75, 3.05) is 18.6 Å². The minimum atomic E-state index is -1.55. The molecule has 0 spiro atoms. The second-order valence-corrected chi connectivity index (χ2v) is 8.38. The van der Waals surface area contributed by atoms with Crippen molar-refractivity contribution >= 4 is 41.4 Å². The van der Waals surface area contributed by atoms with E-state index >= 15 is 0 Å². The maximum Gasteiger partial charge on any atom is 0.328 e. The number of primary amides is 1. The van der Waals surface area contributed by atoms with Gasteiger partial charge in [0.2, 0.25) is 23.6 Å². The maximum absolute atomic E-state index is 12.7. The largest absolute Gasteiger partial charge is 0.480 e. The number of amides is 4. The summed E-state index contributed by atoms with van der Waals surface area (Å²) >= 11 is 1.49. The van der Waals surface area contributed by atoms with Crippen molar-refractivity contribution in [3.05, 3.63) is 0 Å². The number of thioether (sulfide) groups is 1. The van der Waals surface area contributed by atoms with Gasteiger partial charge in [0.25, 0.3) is 0 Å². The molecule has 0 saturated carbocycles. The number of carboxylic acid groups (broad SMARTS) is 1. The monoisotopic (exact) mass is 463 g/mol. The summed E-state index contributed by atoms with van der Waals surface area (Å²) in [5, 5.41) is 25.0. The Labute approximate surface area is 185 Å². The predicted molar refractivity (Wildman–Crippen MR) is 115 cm³/mol. The highest BCUT2D eigenvalue weighted by Crippen LogP contribution is 2.07. The standard InChI is InChI=1S/C18H33N5O7S/c1-9(2)6-11(16(27)23-13(8-24)18(29)30)22-17(28)12(7-14(20)25)21-15(26)10(19)4-5-31-3/h9-13,24H,4-8,19H2,1-3H3,(H2,20,25)(H,21,26)(H,22,28)(H,23,27)(H,29,30). The molecule has 0 bridgehead atoms. The molecule has 0 saturated heterocycles. The third kappa shape index (κ3) is 11.5. The van der Waals surface area contributed by atoms with E-state index < -0.39 is 66.8 Å². The van der Waals surface area contributed by atoms with Gasteiger partial charge in [-0.2, -0.15) is 11.8 Å². The highest BCUT2D eigenvalue weighted by molar-refractivity contribution is 7.98. The molecule has 0 aliphatic heterocycles. The molecular formula is C18H33N5O7S. The van der Waals surface area contributed by atoms with E-state index in [4.69, 9.17) is 21.7 Å². The van der Waals surface area contributed by atoms with Crippen LogP contribution in [0.15, 0.2) is 0 Å². The fourth-order valence-corrected chi connectivity index (χ4v) is 2.99. The molecule has 4 atom stereocenters. The molecule has 0 aliphatic rings. The normalized spacial score (nSPS) is 14.8. The number of carboxylic acids is 1. The maximum atomic E-state index is 12.7. The number of aliphatic carboxylic acids is 1. The van der Waals surface area contributed by atoms with Crippen LogP contribution in [-0.4, -0.2) is 82.6 Å². The van der Waals surface area contributed by atoms with E-state index in [2.05, 4.69) is 16.0 Å². The molecule has 0 rings (SSSR count). The highest BCUT2D eigenvalue weighted by atomic mass is 32.2. The van der Waals surface area contributed by atoms with Gasteiger partial charge in [0.15, 0.2) is 0 Å². The Kier molecular flexibility index (Phi) is 13.5. The summed E-state index contributed by atoms with van der Waals surface area (Å²) in [6.45, 7) is 2.72. The van der Waals surface area contributed by atoms with Crippen LogP contribution in [0, 0.1) is 5.92 Å². The van der Waals surface area contributed by atoms with Crippen molar-refractivity contribution in [2.45, 2.75) is 57.3 Å². The molecule has 0 fully saturated rings. The van der Waals surface area contributed by atoms with E-state index in [1.165, 1.54) is 11.8 Å². The summed E-state index contributed by atoms with van der Waals surface area (Å²) in [5.74, 6) is -4.07. The third-order valence-electron chi connectivity index (χ3n) is 4.15. The zero-order valence-electron chi connectivity index (χ0n) is 17.9. The second kappa shape index (κ2) is 14.6. The van der Waals surface area contributed by atoms with Gasteiger partial charge in [-0.25, -0.2) is 4.79 Å². The molecule has 13 heteroatoms. The summed E-state index contributed by atoms with van der Waals surface area (Å²) in [7, 11) is 0. The van der Waals surface area contributed by atoms with Gasteiger partial charge in [-0.15, -0.1) is 0 Å². The molecule has 31 heavy (non-hydrogen) atoms. The first-order valence-corrected chi connectivity index (χ1v) is 11.1. The summed E-state index contributed by atoms with van der Waals surface area (Å²) in [6.07, 6.45) is 1.82. The van der Waals surface area contributed by atoms with Crippen LogP contribution in [0.3, 0.4) is 0 Å². The van der Waals surface area contributed by atoms with Crippen LogP contribution in [0.1, 0.15) is 33.1 Å². The van der Waals surface area contributed by atoms with Gasteiger partial charge >= 0.3 is 5.97 Å². The van der Waals surface area contributed by atoms with Crippen LogP contribution in [0.4, 0.5) is 0 Å². The second-order valence-electron chi connectivity index (χ2n) is 7.39. The number of nitrogens with one attached hydrogen (secondary N) is 3. The Morgan fingerprint density at radius 1 is 0.935 bits per heavy atom. The Balaban J connectivity index is 5.38. The number of hydrogen-bond acceptors (Lipinski definition) is 8. The zero-order chi connectivity index (χ0) is 24.1. The average molecular weight is 464 g/mol. The van der Waals surface area contributed by atoms with Crippen molar-refractivity contribution in [2.24, 2.45) is 17.4 Å². The van der Waals surface area contributed by atoms with Crippen molar-refractivity contribution in [1.29, 1.82) is 0 Å². The van der Waals surface area contributed by atoms with Gasteiger partial charge in [0.1, 0.15) is 18.1 Å². The van der Waals surface area contributed by atoms with Crippen LogP contribution >= 0.6 is 11.8 Å². The molecule has 0 aromatic heterocycles. The van der Waals surface area contributed by atoms with Crippen LogP contribution in [0.5, 0.6) is 0 Å². The Hall–Kier alpha value is -2.38. The number of carbonyl (C=O) groups excluding carboxylic acids is 4. The van der Waals surface area contributed by atoms with Crippen LogP contribution in [-0.2, 0) is 24.0 Å². The Morgan fingerprint density at radius 3 is 1.90 bits per heavy atom. The lowest BCUT2D eigenvalue weighted by Crippen LogP contribution is -2.58. The van der Waals surface area contributed by atoms with Gasteiger partial charge < -0.3 is 37.6 Å². The van der Waals surface area contributed by atoms with E-state index in [1.54, 1.807) is 13.8 Å². The molecule has 0 aromatic rings. The molecule has 0 aromatic carbocycles. The van der Waals surface area contributed by atoms with Crippen molar-refractivity contribution in [3.63, 3.8) is 0 Å². The smallest absolute Gasteiger partial charge is 0.328 e. The minimum absolute atomic E-state index is 0.0717. The first-order valence-electron chi connectivity index (χ1n) is 9.70. The van der Waals surface area contributed by atoms with E-state index in [1.807, 2.05) is 6.26 Å². The highest BCUT2D eigenvalue weighted by Gasteiger charge is 2.31. The topological polar surface area (TPSA) is 214 Å². The van der Waals surface area contributed by atoms with Crippen molar-refractivity contribution < 1.29 is 34.2 Å². The Morgan fingerprint density at radius 2 is 1.45 bits per heavy atom. The van der Waals surface area contributed by atoms with Crippen molar-refractivity contribution in [3.8, 4) is 0 Å². The van der Waals surface area contributed by atoms with Crippen LogP contribution < -0.4 is 27.4 Å². The molecule has 0 radical (unpaired) electrons. The summed E-state index contributed by atoms with van der Waals surface area (Å²) in [4.78, 5) is 59.9. The van der Waals surface area contributed by atoms with Crippen LogP contribution in [0.2, 0.25) is 0 Å². The number of aliphatic hydroxyl groups excluding tert-OH is 1. The third-order valence-corrected chi connectivity index (χ3v) is 4.79. The lowest BCUT2D eigenvalue weighted by Gasteiger charge is -2.25. The molecular weight excluding hydrogens is 430 g/mol. The van der Waals surface area contributed by atoms with Crippen LogP contribution in [0.25, 0.3) is 0 Å². The van der Waals surface area contributed by atoms with Crippen molar-refractivity contribution in [1.82, 2.24) is 16.0 Å². The zero-order valence-corrected chi connectivity index (χ0v) is 18.7. The number of nitrogens with two attached hydrogens (primary N) is 2. The minimum Gasteiger partial charge on any atom is -0.480 e. The number of hydrogen-bond donors (Lipinski definition) is 7. The predicted octanol–water partition coefficient (Wildman–Crippen LogP) is -2.48. The molecule has 178 valence electrons. The quantitative estimate of drug-likeness (QED) is 0.137. The van der Waals surface area contributed by atoms with Gasteiger partial charge in [0, 0.05) is 0 Å². The summed E-state index contributed by atoms with van der Waals surface area (Å²) in [5.41, 5.74) is 11.0. The van der Waals surface area contributed by atoms with E-state index in [0.29, 0.717) is 12.2 Å². The van der Waals surface area contributed by atoms with Gasteiger partial charge in [-0.05, 0) is 30.8 Å². The number of aliphatic hydroxyl groups is 1. The SMILES string of the molecule is CSCCC(N)C(=O)NC(CC(N)=O)C(=O)NC(CC(C)C)C(=O)NC(CO)C(=O)O. The molecule has 0 aliphatic carbocycles. The first kappa shape index (κ1) is 28.6. The number of rotatable bonds is 15. The van der Waals surface area contributed by atoms with Gasteiger partial charge in [0.05, 0.1) is 19.1 Å². The first-order chi connectivity index (χ1) is 14.4. The van der Waals surface area contributed by atoms with Gasteiger partial charge in [-0.1, -0.05) is 13.8 Å².